The summed E-state index contributed by atoms with van der Waals surface area (Å²) in [4.78, 5) is 24.6. The van der Waals surface area contributed by atoms with Gasteiger partial charge in [0.1, 0.15) is 18.2 Å². The Hall–Kier alpha value is -2.75. The molecule has 38 heavy (non-hydrogen) atoms. The second-order valence-corrected chi connectivity index (χ2v) is 10.1. The molecule has 1 aromatic heterocycles. The number of amides is 1. The lowest BCUT2D eigenvalue weighted by Crippen LogP contribution is -2.52. The highest BCUT2D eigenvalue weighted by molar-refractivity contribution is 5.97. The van der Waals surface area contributed by atoms with Gasteiger partial charge in [-0.1, -0.05) is 37.5 Å². The highest BCUT2D eigenvalue weighted by Gasteiger charge is 2.43. The maximum Gasteiger partial charge on any atom is 0.237 e. The molecule has 1 saturated carbocycles. The van der Waals surface area contributed by atoms with Crippen LogP contribution in [0.4, 0.5) is 15.9 Å². The molecule has 1 aliphatic heterocycles. The number of benzene rings is 1. The van der Waals surface area contributed by atoms with Gasteiger partial charge in [-0.05, 0) is 37.1 Å². The zero-order chi connectivity index (χ0) is 26.6. The average molecular weight is 529 g/mol. The van der Waals surface area contributed by atoms with Gasteiger partial charge in [-0.2, -0.15) is 0 Å². The first-order valence-electron chi connectivity index (χ1n) is 13.7. The van der Waals surface area contributed by atoms with E-state index < -0.39 is 12.1 Å². The molecule has 0 N–H and O–H groups in total. The Labute approximate surface area is 225 Å². The smallest absolute Gasteiger partial charge is 0.237 e. The van der Waals surface area contributed by atoms with Crippen LogP contribution < -0.4 is 14.5 Å². The van der Waals surface area contributed by atoms with Crippen LogP contribution >= 0.6 is 0 Å². The average Bonchev–Trinajstić information content (AvgIpc) is 2.98. The summed E-state index contributed by atoms with van der Waals surface area (Å²) in [7, 11) is 1.64. The third kappa shape index (κ3) is 7.21. The zero-order valence-corrected chi connectivity index (χ0v) is 22.5. The van der Waals surface area contributed by atoms with Gasteiger partial charge in [-0.3, -0.25) is 14.6 Å². The summed E-state index contributed by atoms with van der Waals surface area (Å²) in [6.45, 7) is 5.21. The number of aromatic nitrogens is 1. The number of carbonyl (C=O) groups excluding carboxylic acids is 1. The molecule has 208 valence electrons. The molecule has 0 atom stereocenters. The third-order valence-corrected chi connectivity index (χ3v) is 7.64. The number of hydrogen-bond acceptors (Lipinski definition) is 7. The van der Waals surface area contributed by atoms with Gasteiger partial charge in [-0.15, -0.1) is 0 Å². The molecular weight excluding hydrogens is 487 g/mol. The molecule has 4 rings (SSSR count). The fourth-order valence-electron chi connectivity index (χ4n) is 5.35. The molecule has 8 nitrogen and oxygen atoms in total. The van der Waals surface area contributed by atoms with E-state index in [0.717, 1.165) is 56.9 Å². The molecular formula is C29H41FN4O4. The number of alkyl halides is 1. The predicted molar refractivity (Wildman–Crippen MR) is 147 cm³/mol. The minimum Gasteiger partial charge on any atom is -0.465 e. The van der Waals surface area contributed by atoms with Crippen LogP contribution in [-0.2, 0) is 14.3 Å². The van der Waals surface area contributed by atoms with Crippen LogP contribution in [0.2, 0.25) is 0 Å². The number of piperazine rings is 1. The van der Waals surface area contributed by atoms with Crippen LogP contribution in [0.15, 0.2) is 48.7 Å². The van der Waals surface area contributed by atoms with Crippen LogP contribution in [0.1, 0.15) is 32.1 Å². The van der Waals surface area contributed by atoms with E-state index in [4.69, 9.17) is 14.2 Å². The highest BCUT2D eigenvalue weighted by Crippen LogP contribution is 2.39. The molecule has 1 aliphatic carbocycles. The SMILES string of the molecule is COCCOCOc1ccccc1N1CCN(CCN(C(=O)C2(CF)CCCCC2)c2ccccn2)CC1. The number of anilines is 2. The van der Waals surface area contributed by atoms with Gasteiger partial charge in [-0.25, -0.2) is 9.37 Å². The summed E-state index contributed by atoms with van der Waals surface area (Å²) in [5, 5.41) is 0. The van der Waals surface area contributed by atoms with E-state index in [1.54, 1.807) is 18.2 Å². The Bertz CT molecular complexity index is 982. The zero-order valence-electron chi connectivity index (χ0n) is 22.5. The van der Waals surface area contributed by atoms with Crippen molar-refractivity contribution in [3.8, 4) is 5.75 Å². The number of ether oxygens (including phenoxy) is 3. The Morgan fingerprint density at radius 2 is 1.79 bits per heavy atom. The van der Waals surface area contributed by atoms with Crippen molar-refractivity contribution in [3.63, 3.8) is 0 Å². The number of halogens is 1. The second kappa shape index (κ2) is 14.4. The number of rotatable bonds is 13. The largest absolute Gasteiger partial charge is 0.465 e. The molecule has 1 saturated heterocycles. The van der Waals surface area contributed by atoms with Crippen molar-refractivity contribution in [2.75, 3.05) is 82.9 Å². The standard InChI is InChI=1S/C29H41FN4O4/c1-36-21-22-37-24-38-26-10-4-3-9-25(26)33-18-15-32(16-19-33)17-20-34(27-11-5-8-14-31-27)28(35)29(23-30)12-6-2-7-13-29/h3-5,8-11,14H,2,6-7,12-13,15-24H2,1H3. The van der Waals surface area contributed by atoms with E-state index in [2.05, 4.69) is 20.9 Å². The van der Waals surface area contributed by atoms with Gasteiger partial charge in [0.15, 0.2) is 6.79 Å². The maximum absolute atomic E-state index is 14.3. The van der Waals surface area contributed by atoms with E-state index in [-0.39, 0.29) is 12.7 Å². The summed E-state index contributed by atoms with van der Waals surface area (Å²) in [6, 6.07) is 13.6. The summed E-state index contributed by atoms with van der Waals surface area (Å²) in [5.41, 5.74) is 0.140. The number of hydrogen-bond donors (Lipinski definition) is 0. The first-order valence-corrected chi connectivity index (χ1v) is 13.7. The van der Waals surface area contributed by atoms with E-state index >= 15 is 0 Å². The minimum absolute atomic E-state index is 0.115. The Morgan fingerprint density at radius 1 is 1.03 bits per heavy atom. The van der Waals surface area contributed by atoms with Gasteiger partial charge >= 0.3 is 0 Å². The molecule has 0 radical (unpaired) electrons. The van der Waals surface area contributed by atoms with Crippen molar-refractivity contribution in [3.05, 3.63) is 48.7 Å². The maximum atomic E-state index is 14.3. The topological polar surface area (TPSA) is 67.4 Å². The molecule has 1 aromatic carbocycles. The lowest BCUT2D eigenvalue weighted by atomic mass is 9.74. The van der Waals surface area contributed by atoms with Crippen LogP contribution in [0.25, 0.3) is 0 Å². The van der Waals surface area contributed by atoms with E-state index in [9.17, 15) is 9.18 Å². The van der Waals surface area contributed by atoms with Gasteiger partial charge in [0.25, 0.3) is 0 Å². The number of pyridine rings is 1. The van der Waals surface area contributed by atoms with E-state index in [1.807, 2.05) is 36.4 Å². The summed E-state index contributed by atoms with van der Waals surface area (Å²) >= 11 is 0. The number of nitrogens with zero attached hydrogens (tertiary/aromatic N) is 4. The molecule has 0 spiro atoms. The van der Waals surface area contributed by atoms with E-state index in [0.29, 0.717) is 45.0 Å². The second-order valence-electron chi connectivity index (χ2n) is 10.1. The van der Waals surface area contributed by atoms with Crippen LogP contribution in [0.5, 0.6) is 5.75 Å². The van der Waals surface area contributed by atoms with Crippen LogP contribution in [0.3, 0.4) is 0 Å². The van der Waals surface area contributed by atoms with E-state index in [1.165, 1.54) is 0 Å². The van der Waals surface area contributed by atoms with Gasteiger partial charge in [0.05, 0.1) is 24.3 Å². The van der Waals surface area contributed by atoms with Gasteiger partial charge in [0.2, 0.25) is 5.91 Å². The third-order valence-electron chi connectivity index (χ3n) is 7.64. The number of methoxy groups -OCH3 is 1. The predicted octanol–water partition coefficient (Wildman–Crippen LogP) is 4.16. The Kier molecular flexibility index (Phi) is 10.7. The lowest BCUT2D eigenvalue weighted by molar-refractivity contribution is -0.131. The summed E-state index contributed by atoms with van der Waals surface area (Å²) in [6.07, 6.45) is 5.79. The van der Waals surface area contributed by atoms with Crippen molar-refractivity contribution in [2.24, 2.45) is 5.41 Å². The Morgan fingerprint density at radius 3 is 2.50 bits per heavy atom. The molecule has 2 aliphatic rings. The molecule has 2 heterocycles. The molecule has 0 unspecified atom stereocenters. The number of carbonyl (C=O) groups is 1. The van der Waals surface area contributed by atoms with Crippen molar-refractivity contribution in [2.45, 2.75) is 32.1 Å². The van der Waals surface area contributed by atoms with Crippen LogP contribution in [0, 0.1) is 5.41 Å². The lowest BCUT2D eigenvalue weighted by Gasteiger charge is -2.40. The molecule has 2 aromatic rings. The molecule has 2 fully saturated rings. The molecule has 1 amide bonds. The first kappa shape index (κ1) is 28.3. The fraction of sp³-hybridized carbons (Fsp3) is 0.586. The summed E-state index contributed by atoms with van der Waals surface area (Å²) < 4.78 is 30.7. The normalized spacial score (nSPS) is 17.8. The van der Waals surface area contributed by atoms with Gasteiger partial charge < -0.3 is 19.1 Å². The summed E-state index contributed by atoms with van der Waals surface area (Å²) in [5.74, 6) is 1.29. The monoisotopic (exact) mass is 528 g/mol. The molecule has 0 bridgehead atoms. The fourth-order valence-corrected chi connectivity index (χ4v) is 5.35. The van der Waals surface area contributed by atoms with Gasteiger partial charge in [0, 0.05) is 52.6 Å². The Balaban J connectivity index is 1.34. The molecule has 9 heteroatoms. The first-order chi connectivity index (χ1) is 18.7. The quantitative estimate of drug-likeness (QED) is 0.286. The van der Waals surface area contributed by atoms with Crippen molar-refractivity contribution in [1.29, 1.82) is 0 Å². The minimum atomic E-state index is -0.911. The highest BCUT2D eigenvalue weighted by atomic mass is 19.1. The van der Waals surface area contributed by atoms with Crippen molar-refractivity contribution in [1.82, 2.24) is 9.88 Å². The van der Waals surface area contributed by atoms with Crippen molar-refractivity contribution < 1.29 is 23.4 Å². The van der Waals surface area contributed by atoms with Crippen molar-refractivity contribution >= 4 is 17.4 Å². The van der Waals surface area contributed by atoms with Crippen LogP contribution in [-0.4, -0.2) is 88.9 Å². The number of para-hydroxylation sites is 2.